The van der Waals surface area contributed by atoms with E-state index in [1.54, 1.807) is 0 Å². The Morgan fingerprint density at radius 3 is 2.86 bits per heavy atom. The third kappa shape index (κ3) is 4.11. The van der Waals surface area contributed by atoms with Crippen LogP contribution in [-0.4, -0.2) is 77.0 Å². The van der Waals surface area contributed by atoms with Crippen molar-refractivity contribution in [1.29, 1.82) is 0 Å². The minimum Gasteiger partial charge on any atom is -0.477 e. The fraction of sp³-hybridized carbons (Fsp3) is 0.462. The molecule has 3 N–H and O–H groups in total. The molecule has 1 aromatic rings. The first-order chi connectivity index (χ1) is 13.3. The van der Waals surface area contributed by atoms with Crippen molar-refractivity contribution in [2.24, 2.45) is 0 Å². The topological polar surface area (TPSA) is 128 Å². The molecule has 152 valence electrons. The van der Waals surface area contributed by atoms with Gasteiger partial charge in [-0.3, -0.25) is 14.5 Å². The number of rotatable bonds is 8. The van der Waals surface area contributed by atoms with Crippen LogP contribution < -0.4 is 5.32 Å². The van der Waals surface area contributed by atoms with Crippen LogP contribution in [0.5, 0.6) is 0 Å². The Kier molecular flexibility index (Phi) is 6.46. The number of thioether (sulfide) groups is 4. The Labute approximate surface area is 174 Å². The summed E-state index contributed by atoms with van der Waals surface area (Å²) in [6.07, 6.45) is 2.61. The van der Waals surface area contributed by atoms with Gasteiger partial charge in [-0.05, 0) is 6.26 Å². The number of carbonyl (C=O) groups is 3. The number of β-lactam (4-membered cyclic amide) rings is 1. The molecule has 1 saturated heterocycles. The lowest BCUT2D eigenvalue weighted by Crippen LogP contribution is -2.71. The van der Waals surface area contributed by atoms with E-state index in [0.717, 1.165) is 11.2 Å². The Morgan fingerprint density at radius 1 is 1.50 bits per heavy atom. The normalized spacial score (nSPS) is 22.0. The molecule has 0 bridgehead atoms. The predicted octanol–water partition coefficient (Wildman–Crippen LogP) is 1.24. The maximum absolute atomic E-state index is 13.4. The highest BCUT2D eigenvalue weighted by Crippen LogP contribution is 2.44. The van der Waals surface area contributed by atoms with Crippen LogP contribution in [0.2, 0.25) is 0 Å². The van der Waals surface area contributed by atoms with Gasteiger partial charge in [-0.2, -0.15) is 19.1 Å². The summed E-state index contributed by atoms with van der Waals surface area (Å²) >= 11 is 3.87. The number of aromatic amines is 1. The molecule has 0 saturated carbocycles. The number of fused-ring (bicyclic) bond motifs is 1. The lowest BCUT2D eigenvalue weighted by atomic mass is 10.1. The zero-order valence-electron chi connectivity index (χ0n) is 14.0. The van der Waals surface area contributed by atoms with Gasteiger partial charge >= 0.3 is 17.1 Å². The zero-order valence-corrected chi connectivity index (χ0v) is 17.3. The molecule has 0 aromatic carbocycles. The Morgan fingerprint density at radius 2 is 2.25 bits per heavy atom. The largest absolute Gasteiger partial charge is 0.477 e. The average Bonchev–Trinajstić information content (AvgIpc) is 3.18. The molecule has 28 heavy (non-hydrogen) atoms. The summed E-state index contributed by atoms with van der Waals surface area (Å²) in [5.41, 5.74) is -0.179. The minimum atomic E-state index is -3.66. The molecule has 0 spiro atoms. The van der Waals surface area contributed by atoms with E-state index < -0.39 is 34.5 Å². The molecule has 3 rings (SSSR count). The molecule has 1 fully saturated rings. The third-order valence-electron chi connectivity index (χ3n) is 3.78. The summed E-state index contributed by atoms with van der Waals surface area (Å²) in [6, 6.07) is -1.18. The summed E-state index contributed by atoms with van der Waals surface area (Å²) in [6.45, 7) is 0. The number of carboxylic acids is 1. The monoisotopic (exact) mass is 469 g/mol. The van der Waals surface area contributed by atoms with Crippen LogP contribution in [0.1, 0.15) is 0 Å². The number of aromatic nitrogens is 3. The van der Waals surface area contributed by atoms with Crippen LogP contribution in [0, 0.1) is 0 Å². The Balaban J connectivity index is 1.69. The van der Waals surface area contributed by atoms with Crippen LogP contribution in [0.4, 0.5) is 8.78 Å². The lowest BCUT2D eigenvalue weighted by molar-refractivity contribution is -0.152. The van der Waals surface area contributed by atoms with Crippen LogP contribution in [0.25, 0.3) is 0 Å². The van der Waals surface area contributed by atoms with E-state index >= 15 is 0 Å². The molecule has 1 aromatic heterocycles. The third-order valence-corrected chi connectivity index (χ3v) is 8.06. The fourth-order valence-corrected chi connectivity index (χ4v) is 6.26. The number of alkyl halides is 2. The lowest BCUT2D eigenvalue weighted by Gasteiger charge is -2.49. The van der Waals surface area contributed by atoms with Gasteiger partial charge in [-0.25, -0.2) is 4.79 Å². The highest BCUT2D eigenvalue weighted by molar-refractivity contribution is 8.18. The first-order valence-electron chi connectivity index (χ1n) is 7.52. The number of hydrogen-bond acceptors (Lipinski definition) is 9. The van der Waals surface area contributed by atoms with Crippen LogP contribution >= 0.6 is 47.0 Å². The summed E-state index contributed by atoms with van der Waals surface area (Å²) in [4.78, 5) is 37.3. The molecular formula is C13H13F2N5O4S4. The molecule has 3 heterocycles. The maximum Gasteiger partial charge on any atom is 0.370 e. The second-order valence-electron chi connectivity index (χ2n) is 5.37. The number of hydrogen-bond donors (Lipinski definition) is 3. The van der Waals surface area contributed by atoms with E-state index in [-0.39, 0.29) is 23.2 Å². The first-order valence-corrected chi connectivity index (χ1v) is 11.8. The second kappa shape index (κ2) is 8.51. The second-order valence-corrected chi connectivity index (χ2v) is 9.83. The van der Waals surface area contributed by atoms with Crippen molar-refractivity contribution in [1.82, 2.24) is 25.6 Å². The van der Waals surface area contributed by atoms with E-state index in [2.05, 4.69) is 15.4 Å². The van der Waals surface area contributed by atoms with Crippen molar-refractivity contribution in [3.63, 3.8) is 0 Å². The number of aliphatic carboxylic acids is 1. The summed E-state index contributed by atoms with van der Waals surface area (Å²) < 4.78 is 26.9. The predicted molar refractivity (Wildman–Crippen MR) is 103 cm³/mol. The van der Waals surface area contributed by atoms with Crippen molar-refractivity contribution in [3.05, 3.63) is 16.8 Å². The number of halogens is 2. The van der Waals surface area contributed by atoms with E-state index in [1.807, 2.05) is 5.32 Å². The van der Waals surface area contributed by atoms with E-state index in [4.69, 9.17) is 0 Å². The number of amides is 2. The van der Waals surface area contributed by atoms with Gasteiger partial charge in [0.25, 0.3) is 5.91 Å². The smallest absolute Gasteiger partial charge is 0.370 e. The van der Waals surface area contributed by atoms with Crippen molar-refractivity contribution >= 4 is 64.8 Å². The number of nitrogens with zero attached hydrogens (tertiary/aromatic N) is 3. The van der Waals surface area contributed by atoms with Crippen LogP contribution in [-0.2, 0) is 14.4 Å². The van der Waals surface area contributed by atoms with Crippen LogP contribution in [0.3, 0.4) is 0 Å². The summed E-state index contributed by atoms with van der Waals surface area (Å²) in [7, 11) is 0. The highest BCUT2D eigenvalue weighted by Gasteiger charge is 2.55. The number of nitrogens with one attached hydrogen (secondary N) is 2. The van der Waals surface area contributed by atoms with Gasteiger partial charge < -0.3 is 10.4 Å². The van der Waals surface area contributed by atoms with E-state index in [9.17, 15) is 28.3 Å². The van der Waals surface area contributed by atoms with Gasteiger partial charge in [0.1, 0.15) is 22.1 Å². The van der Waals surface area contributed by atoms with Crippen LogP contribution in [0.15, 0.2) is 21.8 Å². The van der Waals surface area contributed by atoms with Gasteiger partial charge in [0.2, 0.25) is 0 Å². The van der Waals surface area contributed by atoms with Gasteiger partial charge in [0.15, 0.2) is 0 Å². The van der Waals surface area contributed by atoms with E-state index in [0.29, 0.717) is 15.0 Å². The SMILES string of the molecule is CSC(F)(F)C(=O)N[C@@H]1C(=O)N2C(C(=O)O)=C(SCSc3cn[nH]n3)CS[C@@H]12. The molecule has 9 nitrogen and oxygen atoms in total. The van der Waals surface area contributed by atoms with Gasteiger partial charge in [-0.15, -0.1) is 28.6 Å². The van der Waals surface area contributed by atoms with Crippen molar-refractivity contribution < 1.29 is 28.3 Å². The molecule has 2 aliphatic heterocycles. The Hall–Kier alpha value is -1.45. The molecule has 0 unspecified atom stereocenters. The molecular weight excluding hydrogens is 456 g/mol. The number of carbonyl (C=O) groups excluding carboxylic acids is 2. The summed E-state index contributed by atoms with van der Waals surface area (Å²) in [5, 5.41) is 18.3. The van der Waals surface area contributed by atoms with Crippen molar-refractivity contribution in [2.45, 2.75) is 21.7 Å². The number of carboxylic acid groups (broad SMARTS) is 1. The quantitative estimate of drug-likeness (QED) is 0.291. The van der Waals surface area contributed by atoms with Gasteiger partial charge in [0.05, 0.1) is 11.3 Å². The standard InChI is InChI=1S/C13H13F2N5O4S4/c1-25-13(14,15)12(24)17-7-9(21)20-8(11(22)23)5(3-26-10(7)20)27-4-28-6-2-16-19-18-6/h2,7,10H,3-4H2,1H3,(H,17,24)(H,22,23)(H,16,18,19)/t7-,10+/m1/s1. The number of H-pyrrole nitrogens is 1. The highest BCUT2D eigenvalue weighted by atomic mass is 32.2. The Bertz CT molecular complexity index is 822. The maximum atomic E-state index is 13.4. The molecule has 15 heteroatoms. The zero-order chi connectivity index (χ0) is 20.5. The van der Waals surface area contributed by atoms with Gasteiger partial charge in [0, 0.05) is 10.7 Å². The fourth-order valence-electron chi connectivity index (χ4n) is 2.44. The summed E-state index contributed by atoms with van der Waals surface area (Å²) in [5.74, 6) is -3.29. The molecule has 0 aliphatic carbocycles. The van der Waals surface area contributed by atoms with Crippen molar-refractivity contribution in [2.75, 3.05) is 17.1 Å². The van der Waals surface area contributed by atoms with E-state index in [1.165, 1.54) is 41.5 Å². The molecule has 2 amide bonds. The average molecular weight is 470 g/mol. The molecule has 2 atom stereocenters. The van der Waals surface area contributed by atoms with Crippen molar-refractivity contribution in [3.8, 4) is 0 Å². The molecule has 0 radical (unpaired) electrons. The van der Waals surface area contributed by atoms with Gasteiger partial charge in [-0.1, -0.05) is 23.5 Å². The minimum absolute atomic E-state index is 0.0581. The molecule has 2 aliphatic rings. The first kappa shape index (κ1) is 21.3.